The Morgan fingerprint density at radius 1 is 0.880 bits per heavy atom. The Labute approximate surface area is 143 Å². The first kappa shape index (κ1) is 16.4. The first-order chi connectivity index (χ1) is 12.2. The van der Waals surface area contributed by atoms with E-state index in [4.69, 9.17) is 9.47 Å². The van der Waals surface area contributed by atoms with Crippen molar-refractivity contribution in [1.82, 2.24) is 15.2 Å². The van der Waals surface area contributed by atoms with Crippen LogP contribution in [0.5, 0.6) is 11.5 Å². The maximum Gasteiger partial charge on any atom is 0.249 e. The Hall–Kier alpha value is -3.42. The molecule has 8 heteroatoms. The molecule has 0 aliphatic carbocycles. The van der Waals surface area contributed by atoms with E-state index in [2.05, 4.69) is 25.8 Å². The van der Waals surface area contributed by atoms with Gasteiger partial charge < -0.3 is 20.1 Å². The first-order valence-electron chi connectivity index (χ1n) is 7.39. The summed E-state index contributed by atoms with van der Waals surface area (Å²) in [5.41, 5.74) is 1.41. The van der Waals surface area contributed by atoms with E-state index in [0.717, 1.165) is 5.69 Å². The summed E-state index contributed by atoms with van der Waals surface area (Å²) in [7, 11) is 3.14. The molecule has 0 aliphatic rings. The van der Waals surface area contributed by atoms with E-state index in [1.54, 1.807) is 38.5 Å². The average Bonchev–Trinajstić information content (AvgIpc) is 2.64. The molecular weight excluding hydrogens is 325 g/mol. The van der Waals surface area contributed by atoms with E-state index in [1.807, 2.05) is 6.07 Å². The van der Waals surface area contributed by atoms with Crippen LogP contribution >= 0.6 is 0 Å². The van der Waals surface area contributed by atoms with Gasteiger partial charge in [0.25, 0.3) is 0 Å². The average molecular weight is 341 g/mol. The van der Waals surface area contributed by atoms with E-state index in [1.165, 1.54) is 18.3 Å². The largest absolute Gasteiger partial charge is 0.493 e. The van der Waals surface area contributed by atoms with Crippen LogP contribution in [0.3, 0.4) is 0 Å². The molecule has 0 atom stereocenters. The number of hydrogen-bond donors (Lipinski definition) is 2. The van der Waals surface area contributed by atoms with Gasteiger partial charge in [-0.05, 0) is 36.4 Å². The first-order valence-corrected chi connectivity index (χ1v) is 7.39. The lowest BCUT2D eigenvalue weighted by Gasteiger charge is -2.11. The van der Waals surface area contributed by atoms with Gasteiger partial charge in [-0.1, -0.05) is 0 Å². The standard InChI is InChI=1S/C17H16FN5O2/c1-24-14-8-7-13(9-15(14)25-2)20-16-10-19-23-17(22-16)21-12-5-3-11(18)4-6-12/h3-10H,1-2H3,(H2,20,21,22,23). The van der Waals surface area contributed by atoms with Gasteiger partial charge in [0.1, 0.15) is 5.82 Å². The van der Waals surface area contributed by atoms with E-state index in [-0.39, 0.29) is 11.8 Å². The maximum atomic E-state index is 12.9. The molecule has 1 aromatic heterocycles. The van der Waals surface area contributed by atoms with E-state index in [9.17, 15) is 4.39 Å². The van der Waals surface area contributed by atoms with Crippen molar-refractivity contribution < 1.29 is 13.9 Å². The van der Waals surface area contributed by atoms with Crippen molar-refractivity contribution in [2.75, 3.05) is 24.9 Å². The second-order valence-electron chi connectivity index (χ2n) is 4.99. The van der Waals surface area contributed by atoms with Gasteiger partial charge in [-0.2, -0.15) is 10.1 Å². The summed E-state index contributed by atoms with van der Waals surface area (Å²) in [6.07, 6.45) is 1.49. The number of halogens is 1. The molecular formula is C17H16FN5O2. The van der Waals surface area contributed by atoms with Gasteiger partial charge in [0.2, 0.25) is 5.95 Å². The van der Waals surface area contributed by atoms with Gasteiger partial charge >= 0.3 is 0 Å². The van der Waals surface area contributed by atoms with Crippen LogP contribution in [-0.4, -0.2) is 29.4 Å². The topological polar surface area (TPSA) is 81.2 Å². The normalized spacial score (nSPS) is 10.2. The summed E-state index contributed by atoms with van der Waals surface area (Å²) >= 11 is 0. The Morgan fingerprint density at radius 3 is 2.32 bits per heavy atom. The van der Waals surface area contributed by atoms with Crippen LogP contribution in [0.25, 0.3) is 0 Å². The number of aromatic nitrogens is 3. The molecule has 0 saturated carbocycles. The highest BCUT2D eigenvalue weighted by Crippen LogP contribution is 2.30. The smallest absolute Gasteiger partial charge is 0.249 e. The number of rotatable bonds is 6. The summed E-state index contributed by atoms with van der Waals surface area (Å²) < 4.78 is 23.4. The monoisotopic (exact) mass is 341 g/mol. The zero-order chi connectivity index (χ0) is 17.6. The molecule has 0 bridgehead atoms. The lowest BCUT2D eigenvalue weighted by atomic mass is 10.2. The molecule has 0 unspecified atom stereocenters. The highest BCUT2D eigenvalue weighted by atomic mass is 19.1. The molecule has 3 rings (SSSR count). The molecule has 0 aliphatic heterocycles. The number of hydrogen-bond acceptors (Lipinski definition) is 7. The molecule has 2 N–H and O–H groups in total. The molecule has 2 aromatic carbocycles. The Morgan fingerprint density at radius 2 is 1.60 bits per heavy atom. The van der Waals surface area contributed by atoms with Crippen molar-refractivity contribution in [1.29, 1.82) is 0 Å². The molecule has 0 amide bonds. The second kappa shape index (κ2) is 7.43. The number of methoxy groups -OCH3 is 2. The molecule has 0 fully saturated rings. The predicted octanol–water partition coefficient (Wildman–Crippen LogP) is 3.52. The highest BCUT2D eigenvalue weighted by Gasteiger charge is 2.06. The van der Waals surface area contributed by atoms with Gasteiger partial charge in [0.05, 0.1) is 20.4 Å². The fourth-order valence-electron chi connectivity index (χ4n) is 2.14. The third kappa shape index (κ3) is 4.11. The predicted molar refractivity (Wildman–Crippen MR) is 92.3 cm³/mol. The van der Waals surface area contributed by atoms with Crippen molar-refractivity contribution in [3.63, 3.8) is 0 Å². The molecule has 0 radical (unpaired) electrons. The number of nitrogens with zero attached hydrogens (tertiary/aromatic N) is 3. The fourth-order valence-corrected chi connectivity index (χ4v) is 2.14. The number of benzene rings is 2. The summed E-state index contributed by atoms with van der Waals surface area (Å²) in [5, 5.41) is 13.9. The van der Waals surface area contributed by atoms with Crippen LogP contribution in [-0.2, 0) is 0 Å². The Kier molecular flexibility index (Phi) is 4.89. The van der Waals surface area contributed by atoms with Crippen LogP contribution in [0.15, 0.2) is 48.7 Å². The zero-order valence-corrected chi connectivity index (χ0v) is 13.7. The van der Waals surface area contributed by atoms with E-state index < -0.39 is 0 Å². The van der Waals surface area contributed by atoms with Gasteiger partial charge in [-0.25, -0.2) is 4.39 Å². The molecule has 25 heavy (non-hydrogen) atoms. The van der Waals surface area contributed by atoms with Crippen LogP contribution in [0.4, 0.5) is 27.5 Å². The maximum absolute atomic E-state index is 12.9. The van der Waals surface area contributed by atoms with Gasteiger partial charge in [0.15, 0.2) is 17.3 Å². The summed E-state index contributed by atoms with van der Waals surface area (Å²) in [6.45, 7) is 0. The van der Waals surface area contributed by atoms with Crippen molar-refractivity contribution in [2.24, 2.45) is 0 Å². The quantitative estimate of drug-likeness (QED) is 0.710. The minimum atomic E-state index is -0.312. The number of ether oxygens (including phenoxy) is 2. The molecule has 1 heterocycles. The molecule has 0 saturated heterocycles. The zero-order valence-electron chi connectivity index (χ0n) is 13.7. The Balaban J connectivity index is 1.76. The third-order valence-electron chi connectivity index (χ3n) is 3.32. The van der Waals surface area contributed by atoms with Crippen LogP contribution < -0.4 is 20.1 Å². The van der Waals surface area contributed by atoms with Crippen molar-refractivity contribution in [3.05, 3.63) is 54.5 Å². The van der Waals surface area contributed by atoms with Gasteiger partial charge in [0, 0.05) is 17.4 Å². The van der Waals surface area contributed by atoms with Crippen molar-refractivity contribution in [2.45, 2.75) is 0 Å². The van der Waals surface area contributed by atoms with Crippen LogP contribution in [0, 0.1) is 5.82 Å². The Bertz CT molecular complexity index is 858. The SMILES string of the molecule is COc1ccc(Nc2cnnc(Nc3ccc(F)cc3)n2)cc1OC. The van der Waals surface area contributed by atoms with E-state index >= 15 is 0 Å². The molecule has 3 aromatic rings. The van der Waals surface area contributed by atoms with Crippen molar-refractivity contribution >= 4 is 23.1 Å². The van der Waals surface area contributed by atoms with Crippen LogP contribution in [0.2, 0.25) is 0 Å². The number of anilines is 4. The highest BCUT2D eigenvalue weighted by molar-refractivity contribution is 5.62. The van der Waals surface area contributed by atoms with Crippen molar-refractivity contribution in [3.8, 4) is 11.5 Å². The summed E-state index contributed by atoms with van der Waals surface area (Å²) in [5.74, 6) is 1.70. The fraction of sp³-hybridized carbons (Fsp3) is 0.118. The number of nitrogens with one attached hydrogen (secondary N) is 2. The molecule has 0 spiro atoms. The molecule has 7 nitrogen and oxygen atoms in total. The summed E-state index contributed by atoms with van der Waals surface area (Å²) in [4.78, 5) is 4.32. The van der Waals surface area contributed by atoms with Gasteiger partial charge in [-0.15, -0.1) is 5.10 Å². The van der Waals surface area contributed by atoms with E-state index in [0.29, 0.717) is 23.0 Å². The second-order valence-corrected chi connectivity index (χ2v) is 4.99. The lowest BCUT2D eigenvalue weighted by molar-refractivity contribution is 0.355. The third-order valence-corrected chi connectivity index (χ3v) is 3.32. The summed E-state index contributed by atoms with van der Waals surface area (Å²) in [6, 6.07) is 11.3. The minimum Gasteiger partial charge on any atom is -0.493 e. The lowest BCUT2D eigenvalue weighted by Crippen LogP contribution is -2.02. The minimum absolute atomic E-state index is 0.289. The van der Waals surface area contributed by atoms with Gasteiger partial charge in [-0.3, -0.25) is 0 Å². The van der Waals surface area contributed by atoms with Crippen LogP contribution in [0.1, 0.15) is 0 Å². The molecule has 128 valence electrons.